The van der Waals surface area contributed by atoms with Crippen molar-refractivity contribution in [1.82, 2.24) is 9.80 Å². The molecule has 2 heterocycles. The lowest BCUT2D eigenvalue weighted by atomic mass is 9.96. The molecule has 7 heteroatoms. The average Bonchev–Trinajstić information content (AvgIpc) is 3.30. The second-order valence-electron chi connectivity index (χ2n) is 8.76. The van der Waals surface area contributed by atoms with Gasteiger partial charge in [-0.3, -0.25) is 4.79 Å². The van der Waals surface area contributed by atoms with E-state index in [1.165, 1.54) is 5.56 Å². The Labute approximate surface area is 196 Å². The molecule has 0 bridgehead atoms. The van der Waals surface area contributed by atoms with Crippen LogP contribution in [0, 0.1) is 5.92 Å². The number of fused-ring (bicyclic) bond motifs is 1. The molecule has 7 nitrogen and oxygen atoms in total. The number of nitrogens with zero attached hydrogens (tertiary/aromatic N) is 2. The van der Waals surface area contributed by atoms with Crippen molar-refractivity contribution < 1.29 is 23.7 Å². The number of likely N-dealkylation sites (tertiary alicyclic amines) is 1. The summed E-state index contributed by atoms with van der Waals surface area (Å²) in [5, 5.41) is 0. The van der Waals surface area contributed by atoms with Crippen molar-refractivity contribution >= 4 is 5.91 Å². The summed E-state index contributed by atoms with van der Waals surface area (Å²) >= 11 is 0. The lowest BCUT2D eigenvalue weighted by Gasteiger charge is -2.31. The van der Waals surface area contributed by atoms with Gasteiger partial charge in [-0.15, -0.1) is 0 Å². The normalized spacial score (nSPS) is 18.2. The maximum Gasteiger partial charge on any atom is 0.254 e. The minimum atomic E-state index is 0.0981. The molecule has 178 valence electrons. The number of benzene rings is 2. The van der Waals surface area contributed by atoms with E-state index in [1.807, 2.05) is 23.1 Å². The number of carbonyl (C=O) groups is 1. The number of carbonyl (C=O) groups excluding carboxylic acids is 1. The van der Waals surface area contributed by atoms with Crippen molar-refractivity contribution in [3.05, 3.63) is 47.0 Å². The Morgan fingerprint density at radius 3 is 2.30 bits per heavy atom. The molecular weight excluding hydrogens is 420 g/mol. The molecule has 33 heavy (non-hydrogen) atoms. The fraction of sp³-hybridized carbons (Fsp3) is 0.500. The summed E-state index contributed by atoms with van der Waals surface area (Å²) in [6, 6.07) is 9.88. The molecule has 2 aliphatic heterocycles. The molecular formula is C26H34N2O5. The van der Waals surface area contributed by atoms with Crippen LogP contribution in [0.2, 0.25) is 0 Å². The highest BCUT2D eigenvalue weighted by Gasteiger charge is 2.30. The zero-order chi connectivity index (χ0) is 23.4. The fourth-order valence-corrected chi connectivity index (χ4v) is 4.93. The van der Waals surface area contributed by atoms with Gasteiger partial charge >= 0.3 is 0 Å². The third-order valence-corrected chi connectivity index (χ3v) is 6.79. The Hall–Kier alpha value is -2.93. The SMILES string of the molecule is COc1ccc(CCN2CCC(CN3CCc4cc(OC)c(OC)cc4C3=O)C2)cc1OC. The largest absolute Gasteiger partial charge is 0.493 e. The number of ether oxygens (including phenoxy) is 4. The van der Waals surface area contributed by atoms with Crippen LogP contribution in [0.1, 0.15) is 27.9 Å². The third kappa shape index (κ3) is 5.03. The quantitative estimate of drug-likeness (QED) is 0.580. The summed E-state index contributed by atoms with van der Waals surface area (Å²) in [6.45, 7) is 4.65. The lowest BCUT2D eigenvalue weighted by molar-refractivity contribution is 0.0712. The third-order valence-electron chi connectivity index (χ3n) is 6.79. The Bertz CT molecular complexity index is 993. The van der Waals surface area contributed by atoms with Crippen molar-refractivity contribution in [1.29, 1.82) is 0 Å². The molecule has 0 aromatic heterocycles. The Morgan fingerprint density at radius 1 is 0.879 bits per heavy atom. The van der Waals surface area contributed by atoms with Gasteiger partial charge in [-0.25, -0.2) is 0 Å². The number of methoxy groups -OCH3 is 4. The van der Waals surface area contributed by atoms with Crippen molar-refractivity contribution in [2.75, 3.05) is 61.2 Å². The average molecular weight is 455 g/mol. The van der Waals surface area contributed by atoms with Crippen LogP contribution >= 0.6 is 0 Å². The first-order chi connectivity index (χ1) is 16.1. The van der Waals surface area contributed by atoms with Gasteiger partial charge in [0.2, 0.25) is 0 Å². The second-order valence-corrected chi connectivity index (χ2v) is 8.76. The predicted molar refractivity (Wildman–Crippen MR) is 127 cm³/mol. The van der Waals surface area contributed by atoms with Crippen LogP contribution in [-0.4, -0.2) is 76.9 Å². The molecule has 1 amide bonds. The van der Waals surface area contributed by atoms with Gasteiger partial charge in [-0.1, -0.05) is 6.07 Å². The van der Waals surface area contributed by atoms with E-state index in [1.54, 1.807) is 28.4 Å². The van der Waals surface area contributed by atoms with E-state index in [-0.39, 0.29) is 5.91 Å². The molecule has 0 N–H and O–H groups in total. The van der Waals surface area contributed by atoms with E-state index >= 15 is 0 Å². The summed E-state index contributed by atoms with van der Waals surface area (Å²) in [6.07, 6.45) is 2.93. The smallest absolute Gasteiger partial charge is 0.254 e. The van der Waals surface area contributed by atoms with E-state index in [0.29, 0.717) is 17.4 Å². The van der Waals surface area contributed by atoms with Crippen LogP contribution in [0.5, 0.6) is 23.0 Å². The van der Waals surface area contributed by atoms with Gasteiger partial charge in [0.1, 0.15) is 0 Å². The van der Waals surface area contributed by atoms with Crippen LogP contribution in [0.4, 0.5) is 0 Å². The summed E-state index contributed by atoms with van der Waals surface area (Å²) in [7, 11) is 6.54. The zero-order valence-electron chi connectivity index (χ0n) is 20.1. The maximum atomic E-state index is 13.2. The maximum absolute atomic E-state index is 13.2. The Morgan fingerprint density at radius 2 is 1.58 bits per heavy atom. The van der Waals surface area contributed by atoms with Gasteiger partial charge in [-0.2, -0.15) is 0 Å². The number of rotatable bonds is 9. The summed E-state index contributed by atoms with van der Waals surface area (Å²) in [4.78, 5) is 17.7. The number of hydrogen-bond donors (Lipinski definition) is 0. The molecule has 1 fully saturated rings. The summed E-state index contributed by atoms with van der Waals surface area (Å²) in [5.74, 6) is 3.41. The van der Waals surface area contributed by atoms with Gasteiger partial charge in [0.05, 0.1) is 28.4 Å². The van der Waals surface area contributed by atoms with Crippen LogP contribution < -0.4 is 18.9 Å². The van der Waals surface area contributed by atoms with Crippen molar-refractivity contribution in [3.63, 3.8) is 0 Å². The Kier molecular flexibility index (Phi) is 7.28. The zero-order valence-corrected chi connectivity index (χ0v) is 20.1. The molecule has 2 aromatic rings. The van der Waals surface area contributed by atoms with Crippen LogP contribution in [0.15, 0.2) is 30.3 Å². The first-order valence-electron chi connectivity index (χ1n) is 11.5. The first kappa shape index (κ1) is 23.2. The molecule has 2 aliphatic rings. The molecule has 4 rings (SSSR count). The number of hydrogen-bond acceptors (Lipinski definition) is 6. The molecule has 0 aliphatic carbocycles. The van der Waals surface area contributed by atoms with Gasteiger partial charge in [-0.05, 0) is 67.1 Å². The van der Waals surface area contributed by atoms with E-state index in [0.717, 1.165) is 74.6 Å². The molecule has 1 atom stereocenters. The Balaban J connectivity index is 1.32. The van der Waals surface area contributed by atoms with Crippen LogP contribution in [0.25, 0.3) is 0 Å². The monoisotopic (exact) mass is 454 g/mol. The van der Waals surface area contributed by atoms with E-state index < -0.39 is 0 Å². The number of amides is 1. The van der Waals surface area contributed by atoms with E-state index in [2.05, 4.69) is 17.0 Å². The van der Waals surface area contributed by atoms with Crippen molar-refractivity contribution in [2.24, 2.45) is 5.92 Å². The van der Waals surface area contributed by atoms with Gasteiger partial charge in [0, 0.05) is 31.7 Å². The van der Waals surface area contributed by atoms with Gasteiger partial charge < -0.3 is 28.7 Å². The fourth-order valence-electron chi connectivity index (χ4n) is 4.93. The standard InChI is InChI=1S/C26H34N2O5/c1-30-22-6-5-18(13-23(22)31-2)7-10-27-11-8-19(16-27)17-28-12-9-20-14-24(32-3)25(33-4)15-21(20)26(28)29/h5-6,13-15,19H,7-12,16-17H2,1-4H3. The summed E-state index contributed by atoms with van der Waals surface area (Å²) in [5.41, 5.74) is 3.02. The predicted octanol–water partition coefficient (Wildman–Crippen LogP) is 3.28. The topological polar surface area (TPSA) is 60.5 Å². The van der Waals surface area contributed by atoms with Crippen LogP contribution in [-0.2, 0) is 12.8 Å². The van der Waals surface area contributed by atoms with E-state index in [9.17, 15) is 4.79 Å². The van der Waals surface area contributed by atoms with Gasteiger partial charge in [0.25, 0.3) is 5.91 Å². The molecule has 0 radical (unpaired) electrons. The summed E-state index contributed by atoms with van der Waals surface area (Å²) < 4.78 is 21.6. The second kappa shape index (κ2) is 10.3. The highest BCUT2D eigenvalue weighted by atomic mass is 16.5. The van der Waals surface area contributed by atoms with Crippen LogP contribution in [0.3, 0.4) is 0 Å². The minimum Gasteiger partial charge on any atom is -0.493 e. The first-order valence-corrected chi connectivity index (χ1v) is 11.5. The minimum absolute atomic E-state index is 0.0981. The molecule has 1 saturated heterocycles. The molecule has 2 aromatic carbocycles. The molecule has 0 spiro atoms. The highest BCUT2D eigenvalue weighted by molar-refractivity contribution is 5.97. The molecule has 1 unspecified atom stereocenters. The lowest BCUT2D eigenvalue weighted by Crippen LogP contribution is -2.41. The van der Waals surface area contributed by atoms with Crippen molar-refractivity contribution in [3.8, 4) is 23.0 Å². The molecule has 0 saturated carbocycles. The van der Waals surface area contributed by atoms with Gasteiger partial charge in [0.15, 0.2) is 23.0 Å². The highest BCUT2D eigenvalue weighted by Crippen LogP contribution is 2.34. The van der Waals surface area contributed by atoms with E-state index in [4.69, 9.17) is 18.9 Å². The van der Waals surface area contributed by atoms with Crippen molar-refractivity contribution in [2.45, 2.75) is 19.3 Å².